The van der Waals surface area contributed by atoms with Crippen molar-refractivity contribution >= 4 is 11.6 Å². The Labute approximate surface area is 123 Å². The van der Waals surface area contributed by atoms with E-state index in [-0.39, 0.29) is 17.8 Å². The highest BCUT2D eigenvalue weighted by Gasteiger charge is 2.46. The summed E-state index contributed by atoms with van der Waals surface area (Å²) < 4.78 is 13.0. The summed E-state index contributed by atoms with van der Waals surface area (Å²) in [5.41, 5.74) is 8.88. The first kappa shape index (κ1) is 13.8. The highest BCUT2D eigenvalue weighted by molar-refractivity contribution is 6.05. The van der Waals surface area contributed by atoms with Gasteiger partial charge in [-0.25, -0.2) is 4.39 Å². The first-order valence-corrected chi connectivity index (χ1v) is 7.05. The van der Waals surface area contributed by atoms with Crippen molar-refractivity contribution in [2.75, 3.05) is 4.90 Å². The largest absolute Gasteiger partial charge is 0.318 e. The Morgan fingerprint density at radius 1 is 1.10 bits per heavy atom. The van der Waals surface area contributed by atoms with Crippen molar-refractivity contribution in [2.24, 2.45) is 5.73 Å². The van der Waals surface area contributed by atoms with Crippen LogP contribution in [0.3, 0.4) is 0 Å². The van der Waals surface area contributed by atoms with Crippen molar-refractivity contribution < 1.29 is 9.18 Å². The second-order valence-corrected chi connectivity index (χ2v) is 5.25. The zero-order chi connectivity index (χ0) is 15.0. The van der Waals surface area contributed by atoms with Crippen molar-refractivity contribution in [3.63, 3.8) is 0 Å². The second kappa shape index (κ2) is 5.30. The molecule has 3 rings (SSSR count). The third-order valence-corrected chi connectivity index (χ3v) is 3.98. The molecule has 2 N–H and O–H groups in total. The summed E-state index contributed by atoms with van der Waals surface area (Å²) in [6, 6.07) is 13.3. The molecule has 21 heavy (non-hydrogen) atoms. The molecule has 4 heteroatoms. The fourth-order valence-corrected chi connectivity index (χ4v) is 2.71. The SMILES string of the molecule is CCc1ccc([C@H]2[C@H](N)C(=O)N2c2ccc(F)cc2)cc1. The molecule has 2 aromatic rings. The molecule has 3 nitrogen and oxygen atoms in total. The van der Waals surface area contributed by atoms with Crippen LogP contribution in [0.2, 0.25) is 0 Å². The van der Waals surface area contributed by atoms with E-state index < -0.39 is 6.04 Å². The number of amides is 1. The highest BCUT2D eigenvalue weighted by atomic mass is 19.1. The Morgan fingerprint density at radius 2 is 1.71 bits per heavy atom. The van der Waals surface area contributed by atoms with E-state index in [2.05, 4.69) is 6.92 Å². The molecular weight excluding hydrogens is 267 g/mol. The minimum absolute atomic E-state index is 0.133. The Morgan fingerprint density at radius 3 is 2.29 bits per heavy atom. The van der Waals surface area contributed by atoms with Gasteiger partial charge in [0.1, 0.15) is 11.9 Å². The van der Waals surface area contributed by atoms with Crippen molar-refractivity contribution in [2.45, 2.75) is 25.4 Å². The molecule has 0 spiro atoms. The number of hydrogen-bond donors (Lipinski definition) is 1. The molecule has 1 aliphatic rings. The monoisotopic (exact) mass is 284 g/mol. The van der Waals surface area contributed by atoms with Gasteiger partial charge in [-0.3, -0.25) is 4.79 Å². The van der Waals surface area contributed by atoms with Crippen LogP contribution in [0.25, 0.3) is 0 Å². The van der Waals surface area contributed by atoms with Crippen LogP contribution in [-0.4, -0.2) is 11.9 Å². The molecule has 1 fully saturated rings. The lowest BCUT2D eigenvalue weighted by molar-refractivity contribution is -0.126. The fourth-order valence-electron chi connectivity index (χ4n) is 2.71. The van der Waals surface area contributed by atoms with Crippen LogP contribution in [0.4, 0.5) is 10.1 Å². The molecular formula is C17H17FN2O. The van der Waals surface area contributed by atoms with E-state index in [1.165, 1.54) is 17.7 Å². The maximum absolute atomic E-state index is 13.0. The predicted molar refractivity (Wildman–Crippen MR) is 80.4 cm³/mol. The molecule has 2 atom stereocenters. The van der Waals surface area contributed by atoms with Crippen LogP contribution in [0.15, 0.2) is 48.5 Å². The van der Waals surface area contributed by atoms with Gasteiger partial charge in [-0.1, -0.05) is 31.2 Å². The Hall–Kier alpha value is -2.20. The third-order valence-electron chi connectivity index (χ3n) is 3.98. The molecule has 108 valence electrons. The smallest absolute Gasteiger partial charge is 0.247 e. The van der Waals surface area contributed by atoms with Crippen LogP contribution >= 0.6 is 0 Å². The molecule has 1 amide bonds. The second-order valence-electron chi connectivity index (χ2n) is 5.25. The van der Waals surface area contributed by atoms with Gasteiger partial charge in [0, 0.05) is 5.69 Å². The van der Waals surface area contributed by atoms with Gasteiger partial charge in [0.2, 0.25) is 5.91 Å². The van der Waals surface area contributed by atoms with Gasteiger partial charge in [-0.15, -0.1) is 0 Å². The van der Waals surface area contributed by atoms with Crippen LogP contribution in [0, 0.1) is 5.82 Å². The number of hydrogen-bond acceptors (Lipinski definition) is 2. The fraction of sp³-hybridized carbons (Fsp3) is 0.235. The number of aryl methyl sites for hydroxylation is 1. The van der Waals surface area contributed by atoms with E-state index in [9.17, 15) is 9.18 Å². The summed E-state index contributed by atoms with van der Waals surface area (Å²) in [5, 5.41) is 0. The molecule has 0 radical (unpaired) electrons. The van der Waals surface area contributed by atoms with Gasteiger partial charge >= 0.3 is 0 Å². The molecule has 1 heterocycles. The van der Waals surface area contributed by atoms with Crippen molar-refractivity contribution in [1.82, 2.24) is 0 Å². The number of carbonyl (C=O) groups excluding carboxylic acids is 1. The van der Waals surface area contributed by atoms with E-state index in [0.717, 1.165) is 12.0 Å². The normalized spacial score (nSPS) is 21.3. The molecule has 2 aromatic carbocycles. The summed E-state index contributed by atoms with van der Waals surface area (Å²) in [6.45, 7) is 2.10. The van der Waals surface area contributed by atoms with Crippen molar-refractivity contribution in [3.05, 3.63) is 65.5 Å². The maximum Gasteiger partial charge on any atom is 0.247 e. The number of nitrogens with two attached hydrogens (primary N) is 1. The topological polar surface area (TPSA) is 46.3 Å². The van der Waals surface area contributed by atoms with E-state index in [1.54, 1.807) is 17.0 Å². The first-order chi connectivity index (χ1) is 10.1. The number of carbonyl (C=O) groups is 1. The summed E-state index contributed by atoms with van der Waals surface area (Å²) in [7, 11) is 0. The molecule has 0 aromatic heterocycles. The number of halogens is 1. The van der Waals surface area contributed by atoms with E-state index in [0.29, 0.717) is 5.69 Å². The van der Waals surface area contributed by atoms with Crippen LogP contribution in [-0.2, 0) is 11.2 Å². The minimum Gasteiger partial charge on any atom is -0.318 e. The van der Waals surface area contributed by atoms with Crippen molar-refractivity contribution in [3.8, 4) is 0 Å². The third kappa shape index (κ3) is 2.32. The molecule has 0 unspecified atom stereocenters. The summed E-state index contributed by atoms with van der Waals surface area (Å²) in [5.74, 6) is -0.453. The lowest BCUT2D eigenvalue weighted by Gasteiger charge is -2.45. The average molecular weight is 284 g/mol. The Balaban J connectivity index is 1.92. The molecule has 0 bridgehead atoms. The van der Waals surface area contributed by atoms with E-state index in [1.807, 2.05) is 24.3 Å². The highest BCUT2D eigenvalue weighted by Crippen LogP contribution is 2.38. The summed E-state index contributed by atoms with van der Waals surface area (Å²) >= 11 is 0. The minimum atomic E-state index is -0.539. The Bertz CT molecular complexity index is 651. The Kier molecular flexibility index (Phi) is 3.47. The quantitative estimate of drug-likeness (QED) is 0.881. The number of anilines is 1. The van der Waals surface area contributed by atoms with Gasteiger partial charge in [0.15, 0.2) is 0 Å². The van der Waals surface area contributed by atoms with E-state index >= 15 is 0 Å². The summed E-state index contributed by atoms with van der Waals surface area (Å²) in [4.78, 5) is 13.7. The number of nitrogens with zero attached hydrogens (tertiary/aromatic N) is 1. The molecule has 0 saturated carbocycles. The van der Waals surface area contributed by atoms with Crippen molar-refractivity contribution in [1.29, 1.82) is 0 Å². The zero-order valence-corrected chi connectivity index (χ0v) is 11.8. The van der Waals surface area contributed by atoms with Gasteiger partial charge in [0.05, 0.1) is 6.04 Å². The van der Waals surface area contributed by atoms with Crippen LogP contribution in [0.1, 0.15) is 24.1 Å². The average Bonchev–Trinajstić information content (AvgIpc) is 2.53. The lowest BCUT2D eigenvalue weighted by atomic mass is 9.88. The van der Waals surface area contributed by atoms with Gasteiger partial charge in [-0.2, -0.15) is 0 Å². The first-order valence-electron chi connectivity index (χ1n) is 7.05. The lowest BCUT2D eigenvalue weighted by Crippen LogP contribution is -2.63. The number of rotatable bonds is 3. The maximum atomic E-state index is 13.0. The zero-order valence-electron chi connectivity index (χ0n) is 11.8. The summed E-state index contributed by atoms with van der Waals surface area (Å²) in [6.07, 6.45) is 0.970. The van der Waals surface area contributed by atoms with Gasteiger partial charge < -0.3 is 10.6 Å². The number of β-lactam (4-membered cyclic amide) rings is 1. The van der Waals surface area contributed by atoms with E-state index in [4.69, 9.17) is 5.73 Å². The standard InChI is InChI=1S/C17H17FN2O/c1-2-11-3-5-12(6-4-11)16-15(19)17(21)20(16)14-9-7-13(18)8-10-14/h3-10,15-16H,2,19H2,1H3/t15-,16-/m0/s1. The van der Waals surface area contributed by atoms with Crippen LogP contribution in [0.5, 0.6) is 0 Å². The molecule has 1 saturated heterocycles. The molecule has 1 aliphatic heterocycles. The number of benzene rings is 2. The van der Waals surface area contributed by atoms with Crippen LogP contribution < -0.4 is 10.6 Å². The van der Waals surface area contributed by atoms with Gasteiger partial charge in [0.25, 0.3) is 0 Å². The molecule has 0 aliphatic carbocycles. The predicted octanol–water partition coefficient (Wildman–Crippen LogP) is 2.80. The van der Waals surface area contributed by atoms with Gasteiger partial charge in [-0.05, 0) is 41.8 Å².